The van der Waals surface area contributed by atoms with Crippen molar-refractivity contribution >= 4 is 5.82 Å². The zero-order chi connectivity index (χ0) is 11.7. The van der Waals surface area contributed by atoms with Crippen LogP contribution in [0.25, 0.3) is 0 Å². The molecule has 2 heteroatoms. The van der Waals surface area contributed by atoms with Gasteiger partial charge in [-0.25, -0.2) is 4.98 Å². The first kappa shape index (κ1) is 11.1. The van der Waals surface area contributed by atoms with E-state index < -0.39 is 0 Å². The molecule has 2 heterocycles. The molecule has 1 aliphatic carbocycles. The number of hydrogen-bond donors (Lipinski definition) is 0. The van der Waals surface area contributed by atoms with E-state index in [2.05, 4.69) is 28.9 Å². The molecule has 0 N–H and O–H groups in total. The van der Waals surface area contributed by atoms with Crippen molar-refractivity contribution in [2.24, 2.45) is 11.3 Å². The van der Waals surface area contributed by atoms with Crippen molar-refractivity contribution < 1.29 is 0 Å². The van der Waals surface area contributed by atoms with E-state index in [0.717, 1.165) is 11.7 Å². The molecule has 1 unspecified atom stereocenters. The molecule has 1 aromatic heterocycles. The van der Waals surface area contributed by atoms with Crippen LogP contribution in [0.1, 0.15) is 39.0 Å². The van der Waals surface area contributed by atoms with Crippen molar-refractivity contribution in [3.05, 3.63) is 24.4 Å². The van der Waals surface area contributed by atoms with Gasteiger partial charge in [0.2, 0.25) is 0 Å². The predicted molar refractivity (Wildman–Crippen MR) is 71.1 cm³/mol. The number of nitrogens with zero attached hydrogens (tertiary/aromatic N) is 2. The van der Waals surface area contributed by atoms with Crippen molar-refractivity contribution in [1.29, 1.82) is 0 Å². The Hall–Kier alpha value is -1.05. The van der Waals surface area contributed by atoms with Gasteiger partial charge in [-0.3, -0.25) is 0 Å². The molecule has 0 bridgehead atoms. The zero-order valence-electron chi connectivity index (χ0n) is 10.7. The largest absolute Gasteiger partial charge is 0.357 e. The lowest BCUT2D eigenvalue weighted by Crippen LogP contribution is -2.39. The number of aromatic nitrogens is 1. The molecular formula is C15H22N2. The highest BCUT2D eigenvalue weighted by molar-refractivity contribution is 5.38. The van der Waals surface area contributed by atoms with E-state index in [9.17, 15) is 0 Å². The first-order valence-electron chi connectivity index (χ1n) is 6.93. The molecule has 1 spiro atoms. The van der Waals surface area contributed by atoms with Gasteiger partial charge in [0.15, 0.2) is 0 Å². The molecule has 1 aromatic rings. The number of piperidine rings is 1. The molecule has 1 saturated heterocycles. The fourth-order valence-corrected chi connectivity index (χ4v) is 3.70. The topological polar surface area (TPSA) is 16.1 Å². The van der Waals surface area contributed by atoms with Gasteiger partial charge in [-0.1, -0.05) is 19.4 Å². The lowest BCUT2D eigenvalue weighted by Gasteiger charge is -2.40. The summed E-state index contributed by atoms with van der Waals surface area (Å²) in [6, 6.07) is 6.22. The third-order valence-electron chi connectivity index (χ3n) is 4.75. The summed E-state index contributed by atoms with van der Waals surface area (Å²) in [5, 5.41) is 0. The van der Waals surface area contributed by atoms with Crippen molar-refractivity contribution in [3.63, 3.8) is 0 Å². The summed E-state index contributed by atoms with van der Waals surface area (Å²) in [4.78, 5) is 6.91. The summed E-state index contributed by atoms with van der Waals surface area (Å²) < 4.78 is 0. The van der Waals surface area contributed by atoms with Crippen LogP contribution >= 0.6 is 0 Å². The number of anilines is 1. The van der Waals surface area contributed by atoms with Gasteiger partial charge < -0.3 is 4.90 Å². The van der Waals surface area contributed by atoms with Crippen LogP contribution in [0.3, 0.4) is 0 Å². The molecule has 0 radical (unpaired) electrons. The van der Waals surface area contributed by atoms with Gasteiger partial charge in [0.05, 0.1) is 0 Å². The van der Waals surface area contributed by atoms with Gasteiger partial charge in [0.25, 0.3) is 0 Å². The summed E-state index contributed by atoms with van der Waals surface area (Å²) in [6.07, 6.45) is 9.01. The third-order valence-corrected chi connectivity index (χ3v) is 4.75. The Morgan fingerprint density at radius 3 is 2.65 bits per heavy atom. The van der Waals surface area contributed by atoms with Crippen LogP contribution in [0.2, 0.25) is 0 Å². The summed E-state index contributed by atoms with van der Waals surface area (Å²) in [5.74, 6) is 2.12. The second kappa shape index (κ2) is 4.32. The minimum atomic E-state index is 0.685. The second-order valence-corrected chi connectivity index (χ2v) is 6.02. The van der Waals surface area contributed by atoms with Crippen LogP contribution in [0.15, 0.2) is 24.4 Å². The molecule has 92 valence electrons. The first-order chi connectivity index (χ1) is 8.27. The number of pyridine rings is 1. The standard InChI is InChI=1S/C15H22N2/c1-13-5-6-15(12-13)7-10-17(11-8-15)14-4-2-3-9-16-14/h2-4,9,13H,5-8,10-12H2,1H3. The molecule has 1 saturated carbocycles. The molecule has 0 aromatic carbocycles. The molecule has 1 atom stereocenters. The quantitative estimate of drug-likeness (QED) is 0.734. The van der Waals surface area contributed by atoms with E-state index >= 15 is 0 Å². The fourth-order valence-electron chi connectivity index (χ4n) is 3.70. The van der Waals surface area contributed by atoms with Crippen molar-refractivity contribution in [2.45, 2.75) is 39.0 Å². The van der Waals surface area contributed by atoms with Gasteiger partial charge in [0, 0.05) is 19.3 Å². The summed E-state index contributed by atoms with van der Waals surface area (Å²) in [6.45, 7) is 4.81. The van der Waals surface area contributed by atoms with Crippen LogP contribution in [-0.4, -0.2) is 18.1 Å². The van der Waals surface area contributed by atoms with Gasteiger partial charge in [-0.15, -0.1) is 0 Å². The summed E-state index contributed by atoms with van der Waals surface area (Å²) in [7, 11) is 0. The van der Waals surface area contributed by atoms with E-state index in [-0.39, 0.29) is 0 Å². The predicted octanol–water partition coefficient (Wildman–Crippen LogP) is 3.49. The lowest BCUT2D eigenvalue weighted by molar-refractivity contribution is 0.218. The molecule has 3 rings (SSSR count). The van der Waals surface area contributed by atoms with Gasteiger partial charge in [-0.05, 0) is 49.1 Å². The van der Waals surface area contributed by atoms with Crippen LogP contribution in [-0.2, 0) is 0 Å². The molecular weight excluding hydrogens is 208 g/mol. The Kier molecular flexibility index (Phi) is 2.81. The highest BCUT2D eigenvalue weighted by Crippen LogP contribution is 2.48. The van der Waals surface area contributed by atoms with Crippen molar-refractivity contribution in [2.75, 3.05) is 18.0 Å². The van der Waals surface area contributed by atoms with E-state index in [1.165, 1.54) is 45.2 Å². The number of rotatable bonds is 1. The van der Waals surface area contributed by atoms with E-state index in [4.69, 9.17) is 0 Å². The van der Waals surface area contributed by atoms with Crippen molar-refractivity contribution in [3.8, 4) is 0 Å². The normalized spacial score (nSPS) is 27.6. The Morgan fingerprint density at radius 1 is 1.24 bits per heavy atom. The van der Waals surface area contributed by atoms with Crippen LogP contribution < -0.4 is 4.90 Å². The third kappa shape index (κ3) is 2.18. The zero-order valence-corrected chi connectivity index (χ0v) is 10.7. The van der Waals surface area contributed by atoms with E-state index in [1.54, 1.807) is 0 Å². The van der Waals surface area contributed by atoms with Gasteiger partial charge >= 0.3 is 0 Å². The Bertz CT molecular complexity index is 366. The Balaban J connectivity index is 1.65. The summed E-state index contributed by atoms with van der Waals surface area (Å²) >= 11 is 0. The van der Waals surface area contributed by atoms with Crippen LogP contribution in [0.4, 0.5) is 5.82 Å². The Morgan fingerprint density at radius 2 is 2.06 bits per heavy atom. The minimum absolute atomic E-state index is 0.685. The highest BCUT2D eigenvalue weighted by atomic mass is 15.2. The first-order valence-corrected chi connectivity index (χ1v) is 6.93. The maximum Gasteiger partial charge on any atom is 0.128 e. The maximum atomic E-state index is 4.46. The average molecular weight is 230 g/mol. The highest BCUT2D eigenvalue weighted by Gasteiger charge is 2.39. The monoisotopic (exact) mass is 230 g/mol. The average Bonchev–Trinajstić information content (AvgIpc) is 2.73. The fraction of sp³-hybridized carbons (Fsp3) is 0.667. The van der Waals surface area contributed by atoms with E-state index in [0.29, 0.717) is 5.41 Å². The number of hydrogen-bond acceptors (Lipinski definition) is 2. The lowest BCUT2D eigenvalue weighted by atomic mass is 9.76. The molecule has 0 amide bonds. The van der Waals surface area contributed by atoms with Crippen LogP contribution in [0, 0.1) is 11.3 Å². The SMILES string of the molecule is CC1CCC2(CCN(c3ccccn3)CC2)C1. The molecule has 2 fully saturated rings. The second-order valence-electron chi connectivity index (χ2n) is 6.02. The molecule has 2 nitrogen and oxygen atoms in total. The van der Waals surface area contributed by atoms with Gasteiger partial charge in [-0.2, -0.15) is 0 Å². The molecule has 1 aliphatic heterocycles. The molecule has 2 aliphatic rings. The van der Waals surface area contributed by atoms with Gasteiger partial charge in [0.1, 0.15) is 5.82 Å². The van der Waals surface area contributed by atoms with Crippen molar-refractivity contribution in [1.82, 2.24) is 4.98 Å². The smallest absolute Gasteiger partial charge is 0.128 e. The maximum absolute atomic E-state index is 4.46. The Labute approximate surface area is 104 Å². The molecule has 17 heavy (non-hydrogen) atoms. The summed E-state index contributed by atoms with van der Waals surface area (Å²) in [5.41, 5.74) is 0.685. The minimum Gasteiger partial charge on any atom is -0.357 e. The van der Waals surface area contributed by atoms with Crippen LogP contribution in [0.5, 0.6) is 0 Å². The van der Waals surface area contributed by atoms with E-state index in [1.807, 2.05) is 12.3 Å².